The molecule has 4 fully saturated rings. The van der Waals surface area contributed by atoms with E-state index in [1.807, 2.05) is 65.9 Å². The first kappa shape index (κ1) is 69.3. The molecule has 4 aromatic rings. The molecule has 5 heterocycles. The summed E-state index contributed by atoms with van der Waals surface area (Å²) < 4.78 is 61.0. The Hall–Kier alpha value is -5.99. The zero-order valence-corrected chi connectivity index (χ0v) is 51.2. The van der Waals surface area contributed by atoms with Gasteiger partial charge in [0.1, 0.15) is 17.5 Å². The van der Waals surface area contributed by atoms with Crippen molar-refractivity contribution in [2.24, 2.45) is 22.2 Å². The Kier molecular flexibility index (Phi) is 30.0. The van der Waals surface area contributed by atoms with Crippen molar-refractivity contribution in [3.63, 3.8) is 0 Å². The highest BCUT2D eigenvalue weighted by atomic mass is 32.2. The number of carbonyl (C=O) groups excluding carboxylic acids is 3. The van der Waals surface area contributed by atoms with Gasteiger partial charge in [-0.3, -0.25) is 29.4 Å². The summed E-state index contributed by atoms with van der Waals surface area (Å²) in [5.41, 5.74) is 7.20. The van der Waals surface area contributed by atoms with E-state index in [1.54, 1.807) is 39.2 Å². The number of anilines is 1. The van der Waals surface area contributed by atoms with Crippen molar-refractivity contribution in [2.75, 3.05) is 76.7 Å². The number of likely N-dealkylation sites (tertiary alicyclic amines) is 1. The smallest absolute Gasteiger partial charge is 0.262 e. The van der Waals surface area contributed by atoms with Gasteiger partial charge >= 0.3 is 0 Å². The van der Waals surface area contributed by atoms with Crippen LogP contribution in [0.2, 0.25) is 0 Å². The van der Waals surface area contributed by atoms with Crippen LogP contribution in [0.4, 0.5) is 19.0 Å². The Balaban J connectivity index is 0.000000256. The van der Waals surface area contributed by atoms with Crippen LogP contribution in [0.5, 0.6) is 0 Å². The Morgan fingerprint density at radius 2 is 1.41 bits per heavy atom. The second-order valence-corrected chi connectivity index (χ2v) is 24.0. The van der Waals surface area contributed by atoms with E-state index in [1.165, 1.54) is 50.0 Å². The van der Waals surface area contributed by atoms with Gasteiger partial charge in [0.2, 0.25) is 17.7 Å². The SMILES string of the molecule is CC1=NCC=C1NC(=O)C1CC1.CCN1CCCCC1.CC[C@@](C)(Cc1ccnc(C)n1)C(=O)NCC(C)(F)F.CCc1ccc(C)cc1F.CNC(=O)C1CC1.CNc1cc(C)[nH]n1.Cc1ccc(CN2CCS(=O)(=O)CC2)cc1. The van der Waals surface area contributed by atoms with Crippen molar-refractivity contribution in [2.45, 2.75) is 146 Å². The number of hydrogen-bond donors (Lipinski definition) is 5. The van der Waals surface area contributed by atoms with Gasteiger partial charge in [0.05, 0.1) is 41.4 Å². The molecule has 0 radical (unpaired) electrons. The van der Waals surface area contributed by atoms with E-state index in [9.17, 15) is 36.0 Å². The average Bonchev–Trinajstić information content (AvgIpc) is 4.39. The Morgan fingerprint density at radius 1 is 0.790 bits per heavy atom. The number of H-pyrrole nitrogens is 1. The van der Waals surface area contributed by atoms with Gasteiger partial charge < -0.3 is 26.2 Å². The summed E-state index contributed by atoms with van der Waals surface area (Å²) in [7, 11) is 0.768. The molecule has 2 aliphatic carbocycles. The van der Waals surface area contributed by atoms with Crippen LogP contribution in [0, 0.1) is 50.8 Å². The average molecular weight is 1150 g/mol. The lowest BCUT2D eigenvalue weighted by Crippen LogP contribution is -2.44. The first-order chi connectivity index (χ1) is 38.3. The number of sulfone groups is 1. The van der Waals surface area contributed by atoms with Gasteiger partial charge in [-0.05, 0) is 141 Å². The molecule has 20 heteroatoms. The molecule has 0 bridgehead atoms. The summed E-state index contributed by atoms with van der Waals surface area (Å²) in [6.07, 6.45) is 13.9. The monoisotopic (exact) mass is 1150 g/mol. The van der Waals surface area contributed by atoms with Gasteiger partial charge in [0.15, 0.2) is 9.84 Å². The molecule has 5 aliphatic rings. The van der Waals surface area contributed by atoms with E-state index >= 15 is 0 Å². The van der Waals surface area contributed by atoms with E-state index in [-0.39, 0.29) is 29.5 Å². The largest absolute Gasteiger partial charge is 0.372 e. The van der Waals surface area contributed by atoms with Crippen molar-refractivity contribution in [1.29, 1.82) is 0 Å². The van der Waals surface area contributed by atoms with E-state index in [0.717, 1.165) is 85.3 Å². The summed E-state index contributed by atoms with van der Waals surface area (Å²) in [6.45, 7) is 24.4. The third-order valence-corrected chi connectivity index (χ3v) is 15.7. The van der Waals surface area contributed by atoms with Crippen LogP contribution in [0.3, 0.4) is 0 Å². The quantitative estimate of drug-likeness (QED) is 0.0803. The maximum Gasteiger partial charge on any atom is 0.262 e. The predicted molar refractivity (Wildman–Crippen MR) is 321 cm³/mol. The maximum atomic E-state index is 12.9. The fourth-order valence-corrected chi connectivity index (χ4v) is 9.49. The van der Waals surface area contributed by atoms with Gasteiger partial charge in [-0.1, -0.05) is 76.1 Å². The Bertz CT molecular complexity index is 2700. The van der Waals surface area contributed by atoms with Gasteiger partial charge in [0.25, 0.3) is 5.92 Å². The van der Waals surface area contributed by atoms with Gasteiger partial charge in [-0.25, -0.2) is 31.6 Å². The number of benzene rings is 2. The van der Waals surface area contributed by atoms with Crippen LogP contribution in [0.1, 0.15) is 132 Å². The van der Waals surface area contributed by atoms with Crippen molar-refractivity contribution in [3.8, 4) is 0 Å². The molecule has 2 saturated heterocycles. The summed E-state index contributed by atoms with van der Waals surface area (Å²) in [5.74, 6) is -0.223. The highest BCUT2D eigenvalue weighted by Gasteiger charge is 2.34. The number of aromatic amines is 1. The van der Waals surface area contributed by atoms with Crippen molar-refractivity contribution in [1.82, 2.24) is 45.9 Å². The minimum absolute atomic E-state index is 0.0810. The molecule has 5 N–H and O–H groups in total. The molecular weight excluding hydrogens is 1060 g/mol. The van der Waals surface area contributed by atoms with E-state index in [2.05, 4.69) is 94.3 Å². The summed E-state index contributed by atoms with van der Waals surface area (Å²) >= 11 is 0. The molecule has 0 unspecified atom stereocenters. The van der Waals surface area contributed by atoms with Gasteiger partial charge in [-0.2, -0.15) is 5.10 Å². The van der Waals surface area contributed by atoms with Crippen LogP contribution in [0.15, 0.2) is 77.6 Å². The van der Waals surface area contributed by atoms with Crippen molar-refractivity contribution < 1.29 is 36.0 Å². The third-order valence-electron chi connectivity index (χ3n) is 14.1. The fraction of sp³-hybridized carbons (Fsp3) is 0.590. The van der Waals surface area contributed by atoms with E-state index in [0.29, 0.717) is 55.7 Å². The number of alkyl halides is 2. The first-order valence-electron chi connectivity index (χ1n) is 28.7. The number of carbonyl (C=O) groups is 3. The van der Waals surface area contributed by atoms with Crippen LogP contribution in [-0.4, -0.2) is 139 Å². The predicted octanol–water partition coefficient (Wildman–Crippen LogP) is 9.70. The zero-order chi connectivity index (χ0) is 60.2. The second-order valence-electron chi connectivity index (χ2n) is 21.7. The number of aliphatic imine (C=N–C) groups is 1. The summed E-state index contributed by atoms with van der Waals surface area (Å²) in [6, 6.07) is 17.4. The Morgan fingerprint density at radius 3 is 1.85 bits per heavy atom. The Labute approximate surface area is 481 Å². The minimum atomic E-state index is -2.91. The molecule has 2 aromatic carbocycles. The number of nitrogens with zero attached hydrogens (tertiary/aromatic N) is 6. The number of hydrogen-bond acceptors (Lipinski definition) is 12. The number of aromatic nitrogens is 4. The van der Waals surface area contributed by atoms with Crippen LogP contribution in [-0.2, 0) is 43.6 Å². The van der Waals surface area contributed by atoms with Crippen molar-refractivity contribution >= 4 is 39.1 Å². The number of nitrogens with one attached hydrogen (secondary N) is 5. The molecule has 450 valence electrons. The molecule has 0 spiro atoms. The number of rotatable bonds is 14. The topological polar surface area (TPSA) is 207 Å². The third kappa shape index (κ3) is 28.5. The first-order valence-corrected chi connectivity index (χ1v) is 30.5. The van der Waals surface area contributed by atoms with Gasteiger partial charge in [0, 0.05) is 82.6 Å². The molecule has 1 atom stereocenters. The van der Waals surface area contributed by atoms with Crippen LogP contribution < -0.4 is 21.3 Å². The van der Waals surface area contributed by atoms with Crippen LogP contribution >= 0.6 is 0 Å². The molecule has 3 amide bonds. The molecule has 16 nitrogen and oxygen atoms in total. The van der Waals surface area contributed by atoms with E-state index < -0.39 is 27.7 Å². The number of allylic oxidation sites excluding steroid dienone is 1. The number of amides is 3. The minimum Gasteiger partial charge on any atom is -0.372 e. The lowest BCUT2D eigenvalue weighted by atomic mass is 9.81. The van der Waals surface area contributed by atoms with Crippen molar-refractivity contribution in [3.05, 3.63) is 118 Å². The normalized spacial score (nSPS) is 17.1. The highest BCUT2D eigenvalue weighted by molar-refractivity contribution is 7.91. The second kappa shape index (κ2) is 35.1. The standard InChI is InChI=1S/C14H21F2N3O.C12H17NO2S.C9H11F.C9H12N2O.C7H15N.C5H9N3.C5H9NO/c1-5-13(3,12(20)18-9-14(4,15)16)8-11-6-7-17-10(2)19-11;1-11-2-4-12(5-3-11)10-13-6-8-16(14,15)9-7-13;1-3-8-5-4-7(2)6-9(8)10;1-6-8(4-5-10-6)11-9(12)7-2-3-7;1-2-8-6-4-3-5-7-8;1-4-3-5(6-2)8-7-4;1-6-5(7)4-2-3-4/h6-7H,5,8-9H2,1-4H3,(H,18,20);2-5H,6-10H2,1H3;4-6H,3H2,1-2H3;4,7H,2-3,5H2,1H3,(H,11,12);2-7H2,1H3;3H,1-2H3,(H2,6,7,8);4H,2-3H2,1H3,(H,6,7)/t13-;;;;;;/m0....../s1. The number of piperidine rings is 1. The van der Waals surface area contributed by atoms with E-state index in [4.69, 9.17) is 0 Å². The molecule has 9 rings (SSSR count). The summed E-state index contributed by atoms with van der Waals surface area (Å²) in [4.78, 5) is 51.0. The highest BCUT2D eigenvalue weighted by Crippen LogP contribution is 2.30. The maximum absolute atomic E-state index is 12.9. The fourth-order valence-electron chi connectivity index (χ4n) is 8.22. The number of aryl methyl sites for hydroxylation is 5. The number of halogens is 3. The summed E-state index contributed by atoms with van der Waals surface area (Å²) in [5, 5.41) is 17.4. The molecule has 2 aromatic heterocycles. The molecular formula is C61H94F3N11O5S. The zero-order valence-electron chi connectivity index (χ0n) is 50.4. The van der Waals surface area contributed by atoms with Crippen LogP contribution in [0.25, 0.3) is 0 Å². The molecule has 2 saturated carbocycles. The lowest BCUT2D eigenvalue weighted by molar-refractivity contribution is -0.132. The van der Waals surface area contributed by atoms with Gasteiger partial charge in [-0.15, -0.1) is 0 Å². The molecule has 3 aliphatic heterocycles. The lowest BCUT2D eigenvalue weighted by Gasteiger charge is -2.27. The molecule has 81 heavy (non-hydrogen) atoms.